The van der Waals surface area contributed by atoms with E-state index in [0.29, 0.717) is 27.9 Å². The van der Waals surface area contributed by atoms with Crippen LogP contribution >= 0.6 is 11.6 Å². The summed E-state index contributed by atoms with van der Waals surface area (Å²) in [6.07, 6.45) is 0. The van der Waals surface area contributed by atoms with Gasteiger partial charge in [0.2, 0.25) is 0 Å². The first-order valence-corrected chi connectivity index (χ1v) is 8.47. The molecule has 1 heterocycles. The first-order chi connectivity index (χ1) is 12.8. The zero-order valence-electron chi connectivity index (χ0n) is 13.7. The van der Waals surface area contributed by atoms with Crippen LogP contribution < -0.4 is 0 Å². The van der Waals surface area contributed by atoms with Crippen molar-refractivity contribution in [2.75, 3.05) is 0 Å². The van der Waals surface area contributed by atoms with Crippen molar-refractivity contribution in [3.05, 3.63) is 90.0 Å². The van der Waals surface area contributed by atoms with Crippen LogP contribution in [0.2, 0.25) is 5.02 Å². The monoisotopic (exact) mass is 359 g/mol. The van der Waals surface area contributed by atoms with Gasteiger partial charge in [-0.15, -0.1) is 5.11 Å². The minimum absolute atomic E-state index is 0.579. The van der Waals surface area contributed by atoms with E-state index in [1.807, 2.05) is 72.8 Å². The molecule has 0 aliphatic carbocycles. The Hall–Kier alpha value is -3.24. The number of rotatable bonds is 4. The Morgan fingerprint density at radius 3 is 2.12 bits per heavy atom. The molecule has 0 atom stereocenters. The number of benzene rings is 3. The molecule has 0 saturated heterocycles. The maximum atomic E-state index is 6.03. The minimum Gasteiger partial charge on any atom is -0.353 e. The van der Waals surface area contributed by atoms with Gasteiger partial charge >= 0.3 is 0 Å². The van der Waals surface area contributed by atoms with Crippen LogP contribution in [0.15, 0.2) is 99.7 Å². The summed E-state index contributed by atoms with van der Waals surface area (Å²) in [5.74, 6) is 0.579. The summed E-state index contributed by atoms with van der Waals surface area (Å²) in [5.41, 5.74) is 3.70. The summed E-state index contributed by atoms with van der Waals surface area (Å²) in [6.45, 7) is 0. The maximum Gasteiger partial charge on any atom is 0.195 e. The van der Waals surface area contributed by atoms with Gasteiger partial charge in [0.1, 0.15) is 5.69 Å². The molecule has 0 fully saturated rings. The topological polar surface area (TPSA) is 50.8 Å². The van der Waals surface area contributed by atoms with Gasteiger partial charge in [0.15, 0.2) is 11.4 Å². The zero-order valence-corrected chi connectivity index (χ0v) is 14.5. The van der Waals surface area contributed by atoms with Gasteiger partial charge in [-0.25, -0.2) is 0 Å². The van der Waals surface area contributed by atoms with Crippen molar-refractivity contribution in [3.63, 3.8) is 0 Å². The van der Waals surface area contributed by atoms with Gasteiger partial charge in [-0.2, -0.15) is 5.11 Å². The van der Waals surface area contributed by atoms with Gasteiger partial charge in [-0.05, 0) is 18.2 Å². The summed E-state index contributed by atoms with van der Waals surface area (Å²) >= 11 is 6.03. The molecule has 0 spiro atoms. The van der Waals surface area contributed by atoms with Gasteiger partial charge in [0, 0.05) is 16.1 Å². The third kappa shape index (κ3) is 3.41. The van der Waals surface area contributed by atoms with Crippen LogP contribution in [0, 0.1) is 0 Å². The van der Waals surface area contributed by atoms with Gasteiger partial charge in [-0.1, -0.05) is 83.5 Å². The van der Waals surface area contributed by atoms with Crippen LogP contribution in [0.25, 0.3) is 22.6 Å². The molecule has 0 unspecified atom stereocenters. The predicted octanol–water partition coefficient (Wildman–Crippen LogP) is 7.08. The lowest BCUT2D eigenvalue weighted by Crippen LogP contribution is -1.77. The molecule has 1 aromatic heterocycles. The number of azo groups is 1. The highest BCUT2D eigenvalue weighted by molar-refractivity contribution is 6.30. The highest BCUT2D eigenvalue weighted by Gasteiger charge is 2.19. The Balaban J connectivity index is 1.83. The van der Waals surface area contributed by atoms with Crippen molar-refractivity contribution in [1.29, 1.82) is 0 Å². The molecule has 4 rings (SSSR count). The fraction of sp³-hybridized carbons (Fsp3) is 0. The van der Waals surface area contributed by atoms with E-state index in [4.69, 9.17) is 16.1 Å². The van der Waals surface area contributed by atoms with Crippen LogP contribution in [0.3, 0.4) is 0 Å². The van der Waals surface area contributed by atoms with Crippen molar-refractivity contribution >= 4 is 23.0 Å². The summed E-state index contributed by atoms with van der Waals surface area (Å²) in [5, 5.41) is 13.6. The van der Waals surface area contributed by atoms with E-state index in [-0.39, 0.29) is 0 Å². The van der Waals surface area contributed by atoms with E-state index >= 15 is 0 Å². The Kier molecular flexibility index (Phi) is 4.58. The second kappa shape index (κ2) is 7.33. The first kappa shape index (κ1) is 16.2. The highest BCUT2D eigenvalue weighted by atomic mass is 35.5. The Morgan fingerprint density at radius 2 is 1.42 bits per heavy atom. The summed E-state index contributed by atoms with van der Waals surface area (Å²) in [4.78, 5) is 0. The Bertz CT molecular complexity index is 986. The van der Waals surface area contributed by atoms with Gasteiger partial charge in [0.05, 0.1) is 5.69 Å². The molecule has 0 saturated carbocycles. The van der Waals surface area contributed by atoms with Crippen LogP contribution in [-0.4, -0.2) is 5.16 Å². The molecule has 0 N–H and O–H groups in total. The molecule has 0 amide bonds. The lowest BCUT2D eigenvalue weighted by Gasteiger charge is -1.99. The van der Waals surface area contributed by atoms with Gasteiger partial charge < -0.3 is 4.52 Å². The van der Waals surface area contributed by atoms with Crippen molar-refractivity contribution < 1.29 is 4.52 Å². The Morgan fingerprint density at radius 1 is 0.731 bits per heavy atom. The SMILES string of the molecule is Clc1cccc(N=Nc2c(-c3ccccc3)noc2-c2ccccc2)c1. The van der Waals surface area contributed by atoms with Crippen LogP contribution in [-0.2, 0) is 0 Å². The third-order valence-electron chi connectivity index (χ3n) is 3.82. The normalized spacial score (nSPS) is 11.1. The van der Waals surface area contributed by atoms with Crippen LogP contribution in [0.4, 0.5) is 11.4 Å². The fourth-order valence-corrected chi connectivity index (χ4v) is 2.77. The molecule has 5 heteroatoms. The summed E-state index contributed by atoms with van der Waals surface area (Å²) < 4.78 is 5.62. The average Bonchev–Trinajstić information content (AvgIpc) is 3.12. The smallest absolute Gasteiger partial charge is 0.195 e. The van der Waals surface area contributed by atoms with E-state index in [1.54, 1.807) is 12.1 Å². The molecule has 4 nitrogen and oxygen atoms in total. The van der Waals surface area contributed by atoms with Crippen molar-refractivity contribution in [2.45, 2.75) is 0 Å². The van der Waals surface area contributed by atoms with Gasteiger partial charge in [0.25, 0.3) is 0 Å². The average molecular weight is 360 g/mol. The largest absolute Gasteiger partial charge is 0.353 e. The van der Waals surface area contributed by atoms with Crippen LogP contribution in [0.1, 0.15) is 0 Å². The first-order valence-electron chi connectivity index (χ1n) is 8.09. The predicted molar refractivity (Wildman–Crippen MR) is 103 cm³/mol. The number of hydrogen-bond acceptors (Lipinski definition) is 4. The number of aromatic nitrogens is 1. The summed E-state index contributed by atoms with van der Waals surface area (Å²) in [6, 6.07) is 26.7. The standard InChI is InChI=1S/C21H14ClN3O/c22-17-12-7-13-18(14-17)23-24-20-19(15-8-3-1-4-9-15)25-26-21(20)16-10-5-2-6-11-16/h1-14H. The minimum atomic E-state index is 0.579. The molecule has 3 aromatic carbocycles. The second-order valence-electron chi connectivity index (χ2n) is 5.62. The molecule has 4 aromatic rings. The molecule has 126 valence electrons. The zero-order chi connectivity index (χ0) is 17.8. The molecule has 0 radical (unpaired) electrons. The van der Waals surface area contributed by atoms with Gasteiger partial charge in [-0.3, -0.25) is 0 Å². The lowest BCUT2D eigenvalue weighted by atomic mass is 10.1. The van der Waals surface area contributed by atoms with Crippen molar-refractivity contribution in [1.82, 2.24) is 5.16 Å². The van der Waals surface area contributed by atoms with Crippen molar-refractivity contribution in [2.24, 2.45) is 10.2 Å². The summed E-state index contributed by atoms with van der Waals surface area (Å²) in [7, 11) is 0. The molecule has 0 aliphatic rings. The fourth-order valence-electron chi connectivity index (χ4n) is 2.59. The van der Waals surface area contributed by atoms with E-state index in [9.17, 15) is 0 Å². The van der Waals surface area contributed by atoms with Crippen molar-refractivity contribution in [3.8, 4) is 22.6 Å². The highest BCUT2D eigenvalue weighted by Crippen LogP contribution is 2.39. The lowest BCUT2D eigenvalue weighted by molar-refractivity contribution is 0.435. The number of nitrogens with zero attached hydrogens (tertiary/aromatic N) is 3. The molecule has 0 bridgehead atoms. The van der Waals surface area contributed by atoms with E-state index in [0.717, 1.165) is 11.1 Å². The van der Waals surface area contributed by atoms with Crippen LogP contribution in [0.5, 0.6) is 0 Å². The third-order valence-corrected chi connectivity index (χ3v) is 4.06. The number of hydrogen-bond donors (Lipinski definition) is 0. The number of halogens is 1. The van der Waals surface area contributed by atoms with E-state index in [1.165, 1.54) is 0 Å². The molecular formula is C21H14ClN3O. The molecule has 0 aliphatic heterocycles. The van der Waals surface area contributed by atoms with E-state index in [2.05, 4.69) is 15.4 Å². The maximum absolute atomic E-state index is 6.03. The Labute approximate surface area is 155 Å². The molecular weight excluding hydrogens is 346 g/mol. The molecule has 26 heavy (non-hydrogen) atoms. The quantitative estimate of drug-likeness (QED) is 0.365. The van der Waals surface area contributed by atoms with E-state index < -0.39 is 0 Å². The second-order valence-corrected chi connectivity index (χ2v) is 6.06.